The molecule has 3 rings (SSSR count). The van der Waals surface area contributed by atoms with Crippen LogP contribution >= 0.6 is 0 Å². The minimum atomic E-state index is -0.668. The summed E-state index contributed by atoms with van der Waals surface area (Å²) in [4.78, 5) is 2.35. The van der Waals surface area contributed by atoms with Crippen molar-refractivity contribution in [2.24, 2.45) is 0 Å². The molecule has 0 aromatic heterocycles. The Hall–Kier alpha value is -1.72. The lowest BCUT2D eigenvalue weighted by Crippen LogP contribution is -2.55. The first-order valence-corrected chi connectivity index (χ1v) is 9.44. The van der Waals surface area contributed by atoms with Crippen LogP contribution in [0.1, 0.15) is 31.4 Å². The molecule has 0 saturated carbocycles. The van der Waals surface area contributed by atoms with Gasteiger partial charge in [0.15, 0.2) is 6.29 Å². The number of hydrogen-bond donors (Lipinski definition) is 1. The molecule has 4 heteroatoms. The molecule has 1 aliphatic heterocycles. The van der Waals surface area contributed by atoms with Crippen LogP contribution < -0.4 is 0 Å². The molecule has 140 valence electrons. The van der Waals surface area contributed by atoms with E-state index in [9.17, 15) is 5.11 Å². The van der Waals surface area contributed by atoms with Crippen LogP contribution in [0.4, 0.5) is 0 Å². The highest BCUT2D eigenvalue weighted by Gasteiger charge is 2.39. The zero-order chi connectivity index (χ0) is 18.4. The van der Waals surface area contributed by atoms with E-state index in [2.05, 4.69) is 53.4 Å². The van der Waals surface area contributed by atoms with Crippen LogP contribution in [-0.2, 0) is 22.6 Å². The van der Waals surface area contributed by atoms with E-state index >= 15 is 0 Å². The van der Waals surface area contributed by atoms with E-state index in [1.807, 2.05) is 26.0 Å². The average Bonchev–Trinajstić information content (AvgIpc) is 2.66. The summed E-state index contributed by atoms with van der Waals surface area (Å²) < 4.78 is 11.5. The standard InChI is InChI=1S/C22H29NO3/c1-3-25-22-21(24)20(14-17(2)26-22)23(15-18-10-6-4-7-11-18)16-19-12-8-5-9-13-19/h4-13,17,20-22,24H,3,14-16H2,1-2H3. The van der Waals surface area contributed by atoms with E-state index in [1.165, 1.54) is 11.1 Å². The first-order valence-electron chi connectivity index (χ1n) is 9.44. The fourth-order valence-electron chi connectivity index (χ4n) is 3.62. The minimum Gasteiger partial charge on any atom is -0.386 e. The molecule has 1 N–H and O–H groups in total. The maximum Gasteiger partial charge on any atom is 0.185 e. The van der Waals surface area contributed by atoms with Gasteiger partial charge in [-0.2, -0.15) is 0 Å². The van der Waals surface area contributed by atoms with Gasteiger partial charge in [-0.3, -0.25) is 4.90 Å². The Labute approximate surface area is 156 Å². The summed E-state index contributed by atoms with van der Waals surface area (Å²) in [7, 11) is 0. The first-order chi connectivity index (χ1) is 12.7. The van der Waals surface area contributed by atoms with E-state index < -0.39 is 12.4 Å². The highest BCUT2D eigenvalue weighted by Crippen LogP contribution is 2.27. The van der Waals surface area contributed by atoms with Crippen LogP contribution in [-0.4, -0.2) is 41.2 Å². The summed E-state index contributed by atoms with van der Waals surface area (Å²) in [6, 6.07) is 20.8. The molecule has 1 aliphatic rings. The van der Waals surface area contributed by atoms with E-state index in [1.54, 1.807) is 0 Å². The van der Waals surface area contributed by atoms with Gasteiger partial charge in [0, 0.05) is 25.7 Å². The van der Waals surface area contributed by atoms with Gasteiger partial charge in [0.05, 0.1) is 6.10 Å². The van der Waals surface area contributed by atoms with Crippen LogP contribution in [0.25, 0.3) is 0 Å². The van der Waals surface area contributed by atoms with Gasteiger partial charge in [0.2, 0.25) is 0 Å². The van der Waals surface area contributed by atoms with Gasteiger partial charge in [-0.15, -0.1) is 0 Å². The molecular weight excluding hydrogens is 326 g/mol. The van der Waals surface area contributed by atoms with Crippen molar-refractivity contribution in [1.29, 1.82) is 0 Å². The number of aliphatic hydroxyl groups excluding tert-OH is 1. The average molecular weight is 355 g/mol. The largest absolute Gasteiger partial charge is 0.386 e. The third-order valence-electron chi connectivity index (χ3n) is 4.87. The van der Waals surface area contributed by atoms with Gasteiger partial charge in [-0.25, -0.2) is 0 Å². The molecule has 0 spiro atoms. The monoisotopic (exact) mass is 355 g/mol. The van der Waals surface area contributed by atoms with Crippen LogP contribution in [0.2, 0.25) is 0 Å². The molecule has 1 heterocycles. The first kappa shape index (κ1) is 19.1. The lowest BCUT2D eigenvalue weighted by Gasteiger charge is -2.43. The maximum atomic E-state index is 10.9. The van der Waals surface area contributed by atoms with Gasteiger partial charge < -0.3 is 14.6 Å². The van der Waals surface area contributed by atoms with Gasteiger partial charge in [-0.1, -0.05) is 60.7 Å². The molecule has 4 nitrogen and oxygen atoms in total. The fourth-order valence-corrected chi connectivity index (χ4v) is 3.62. The molecule has 0 aliphatic carbocycles. The van der Waals surface area contributed by atoms with E-state index in [-0.39, 0.29) is 12.1 Å². The van der Waals surface area contributed by atoms with Crippen LogP contribution in [0, 0.1) is 0 Å². The highest BCUT2D eigenvalue weighted by atomic mass is 16.7. The molecule has 2 aromatic carbocycles. The molecule has 0 radical (unpaired) electrons. The molecule has 26 heavy (non-hydrogen) atoms. The van der Waals surface area contributed by atoms with Crippen molar-refractivity contribution < 1.29 is 14.6 Å². The summed E-state index contributed by atoms with van der Waals surface area (Å²) in [5.41, 5.74) is 2.48. The quantitative estimate of drug-likeness (QED) is 0.824. The van der Waals surface area contributed by atoms with Crippen LogP contribution in [0.15, 0.2) is 60.7 Å². The van der Waals surface area contributed by atoms with Crippen LogP contribution in [0.5, 0.6) is 0 Å². The maximum absolute atomic E-state index is 10.9. The minimum absolute atomic E-state index is 0.0179. The molecule has 1 fully saturated rings. The van der Waals surface area contributed by atoms with Crippen LogP contribution in [0.3, 0.4) is 0 Å². The Morgan fingerprint density at radius 1 is 1.00 bits per heavy atom. The van der Waals surface area contributed by atoms with Crippen molar-refractivity contribution in [1.82, 2.24) is 4.90 Å². The second-order valence-electron chi connectivity index (χ2n) is 6.94. The predicted molar refractivity (Wildman–Crippen MR) is 103 cm³/mol. The number of rotatable bonds is 7. The van der Waals surface area contributed by atoms with E-state index in [4.69, 9.17) is 9.47 Å². The van der Waals surface area contributed by atoms with Gasteiger partial charge >= 0.3 is 0 Å². The van der Waals surface area contributed by atoms with Crippen molar-refractivity contribution in [2.45, 2.75) is 57.9 Å². The molecule has 1 saturated heterocycles. The molecule has 4 atom stereocenters. The molecule has 2 aromatic rings. The normalized spacial score (nSPS) is 26.2. The summed E-state index contributed by atoms with van der Waals surface area (Å²) in [5, 5.41) is 10.9. The lowest BCUT2D eigenvalue weighted by molar-refractivity contribution is -0.254. The Balaban J connectivity index is 1.83. The third kappa shape index (κ3) is 4.92. The molecule has 0 amide bonds. The number of ether oxygens (including phenoxy) is 2. The van der Waals surface area contributed by atoms with E-state index in [0.717, 1.165) is 19.5 Å². The predicted octanol–water partition coefficient (Wildman–Crippen LogP) is 3.59. The van der Waals surface area contributed by atoms with Gasteiger partial charge in [-0.05, 0) is 31.4 Å². The SMILES string of the molecule is CCOC1OC(C)CC(N(Cc2ccccc2)Cc2ccccc2)C1O. The second kappa shape index (κ2) is 9.28. The second-order valence-corrected chi connectivity index (χ2v) is 6.94. The van der Waals surface area contributed by atoms with Crippen molar-refractivity contribution in [2.75, 3.05) is 6.61 Å². The Morgan fingerprint density at radius 2 is 1.54 bits per heavy atom. The summed E-state index contributed by atoms with van der Waals surface area (Å²) in [5.74, 6) is 0. The Bertz CT molecular complexity index is 607. The Morgan fingerprint density at radius 3 is 2.04 bits per heavy atom. The van der Waals surface area contributed by atoms with Gasteiger partial charge in [0.25, 0.3) is 0 Å². The van der Waals surface area contributed by atoms with Crippen molar-refractivity contribution >= 4 is 0 Å². The number of hydrogen-bond acceptors (Lipinski definition) is 4. The number of benzene rings is 2. The zero-order valence-corrected chi connectivity index (χ0v) is 15.6. The Kier molecular flexibility index (Phi) is 6.80. The number of aliphatic hydroxyl groups is 1. The summed E-state index contributed by atoms with van der Waals surface area (Å²) >= 11 is 0. The number of nitrogens with zero attached hydrogens (tertiary/aromatic N) is 1. The van der Waals surface area contributed by atoms with Crippen molar-refractivity contribution in [3.63, 3.8) is 0 Å². The van der Waals surface area contributed by atoms with Crippen molar-refractivity contribution in [3.05, 3.63) is 71.8 Å². The molecule has 4 unspecified atom stereocenters. The topological polar surface area (TPSA) is 41.9 Å². The fraction of sp³-hybridized carbons (Fsp3) is 0.455. The zero-order valence-electron chi connectivity index (χ0n) is 15.6. The summed E-state index contributed by atoms with van der Waals surface area (Å²) in [6.45, 7) is 6.06. The van der Waals surface area contributed by atoms with E-state index in [0.29, 0.717) is 6.61 Å². The lowest BCUT2D eigenvalue weighted by atomic mass is 9.97. The molecule has 0 bridgehead atoms. The highest BCUT2D eigenvalue weighted by molar-refractivity contribution is 5.17. The third-order valence-corrected chi connectivity index (χ3v) is 4.87. The van der Waals surface area contributed by atoms with Crippen molar-refractivity contribution in [3.8, 4) is 0 Å². The van der Waals surface area contributed by atoms with Gasteiger partial charge in [0.1, 0.15) is 6.10 Å². The molecular formula is C22H29NO3. The summed E-state index contributed by atoms with van der Waals surface area (Å²) in [6.07, 6.45) is -0.403. The smallest absolute Gasteiger partial charge is 0.185 e.